The van der Waals surface area contributed by atoms with Gasteiger partial charge in [-0.25, -0.2) is 0 Å². The van der Waals surface area contributed by atoms with Crippen LogP contribution in [-0.2, 0) is 24.5 Å². The van der Waals surface area contributed by atoms with Crippen LogP contribution in [0.2, 0.25) is 0 Å². The molecule has 21 heavy (non-hydrogen) atoms. The Labute approximate surface area is 124 Å². The number of aromatic nitrogens is 1. The van der Waals surface area contributed by atoms with Crippen LogP contribution in [-0.4, -0.2) is 26.4 Å². The van der Waals surface area contributed by atoms with Gasteiger partial charge < -0.3 is 24.1 Å². The van der Waals surface area contributed by atoms with Crippen molar-refractivity contribution in [2.24, 2.45) is 0 Å². The van der Waals surface area contributed by atoms with Gasteiger partial charge in [-0.2, -0.15) is 0 Å². The number of para-hydroxylation sites is 1. The monoisotopic (exact) mass is 292 g/mol. The molecule has 0 bridgehead atoms. The first kappa shape index (κ1) is 15.3. The van der Waals surface area contributed by atoms with Crippen molar-refractivity contribution in [3.05, 3.63) is 41.3 Å². The molecule has 0 saturated heterocycles. The van der Waals surface area contributed by atoms with Crippen molar-refractivity contribution >= 4 is 0 Å². The van der Waals surface area contributed by atoms with Gasteiger partial charge in [0, 0.05) is 25.3 Å². The highest BCUT2D eigenvalue weighted by Crippen LogP contribution is 2.31. The number of benzene rings is 1. The summed E-state index contributed by atoms with van der Waals surface area (Å²) < 4.78 is 21.3. The molecule has 0 radical (unpaired) electrons. The van der Waals surface area contributed by atoms with E-state index < -0.39 is 0 Å². The van der Waals surface area contributed by atoms with Gasteiger partial charge in [0.2, 0.25) is 0 Å². The van der Waals surface area contributed by atoms with Crippen LogP contribution in [0.3, 0.4) is 0 Å². The Morgan fingerprint density at radius 2 is 2.10 bits per heavy atom. The number of hydrogen-bond donors (Lipinski definition) is 1. The minimum Gasteiger partial charge on any atom is -0.493 e. The van der Waals surface area contributed by atoms with E-state index in [-0.39, 0.29) is 0 Å². The van der Waals surface area contributed by atoms with Crippen LogP contribution in [0.5, 0.6) is 11.5 Å². The standard InChI is InChI=1S/C15H20N2O4/c1-16-8-11-5-4-6-14(19-3)15(11)20-9-12-7-13(10-18-2)21-17-12/h4-7,16H,8-10H2,1-3H3. The average molecular weight is 292 g/mol. The zero-order chi connectivity index (χ0) is 15.1. The lowest BCUT2D eigenvalue weighted by molar-refractivity contribution is 0.155. The fourth-order valence-corrected chi connectivity index (χ4v) is 2.00. The van der Waals surface area contributed by atoms with E-state index in [4.69, 9.17) is 18.7 Å². The molecule has 0 aliphatic heterocycles. The third kappa shape index (κ3) is 3.96. The third-order valence-electron chi connectivity index (χ3n) is 2.91. The second kappa shape index (κ2) is 7.66. The zero-order valence-electron chi connectivity index (χ0n) is 12.5. The summed E-state index contributed by atoms with van der Waals surface area (Å²) in [5, 5.41) is 7.05. The highest BCUT2D eigenvalue weighted by molar-refractivity contribution is 5.46. The number of ether oxygens (including phenoxy) is 3. The first-order valence-corrected chi connectivity index (χ1v) is 6.65. The van der Waals surface area contributed by atoms with Crippen molar-refractivity contribution in [2.75, 3.05) is 21.3 Å². The average Bonchev–Trinajstić information content (AvgIpc) is 2.94. The lowest BCUT2D eigenvalue weighted by atomic mass is 10.2. The predicted molar refractivity (Wildman–Crippen MR) is 77.3 cm³/mol. The molecule has 1 aromatic heterocycles. The molecule has 0 amide bonds. The largest absolute Gasteiger partial charge is 0.493 e. The molecule has 0 unspecified atom stereocenters. The molecule has 1 heterocycles. The third-order valence-corrected chi connectivity index (χ3v) is 2.91. The quantitative estimate of drug-likeness (QED) is 0.804. The van der Waals surface area contributed by atoms with E-state index in [1.807, 2.05) is 31.3 Å². The second-order valence-corrected chi connectivity index (χ2v) is 4.49. The molecular weight excluding hydrogens is 272 g/mol. The second-order valence-electron chi connectivity index (χ2n) is 4.49. The maximum Gasteiger partial charge on any atom is 0.166 e. The highest BCUT2D eigenvalue weighted by Gasteiger charge is 2.12. The summed E-state index contributed by atoms with van der Waals surface area (Å²) in [4.78, 5) is 0. The van der Waals surface area contributed by atoms with Crippen LogP contribution >= 0.6 is 0 Å². The molecule has 0 aliphatic carbocycles. The summed E-state index contributed by atoms with van der Waals surface area (Å²) in [7, 11) is 5.12. The number of rotatable bonds is 8. The van der Waals surface area contributed by atoms with Gasteiger partial charge in [0.25, 0.3) is 0 Å². The van der Waals surface area contributed by atoms with Gasteiger partial charge in [-0.3, -0.25) is 0 Å². The van der Waals surface area contributed by atoms with Crippen molar-refractivity contribution in [2.45, 2.75) is 19.8 Å². The Morgan fingerprint density at radius 3 is 2.81 bits per heavy atom. The van der Waals surface area contributed by atoms with Crippen LogP contribution in [0.4, 0.5) is 0 Å². The molecule has 2 rings (SSSR count). The van der Waals surface area contributed by atoms with Crippen molar-refractivity contribution in [3.8, 4) is 11.5 Å². The maximum atomic E-state index is 5.86. The van der Waals surface area contributed by atoms with Gasteiger partial charge >= 0.3 is 0 Å². The number of nitrogens with zero attached hydrogens (tertiary/aromatic N) is 1. The van der Waals surface area contributed by atoms with Gasteiger partial charge in [-0.15, -0.1) is 0 Å². The van der Waals surface area contributed by atoms with E-state index in [2.05, 4.69) is 10.5 Å². The molecule has 1 N–H and O–H groups in total. The fraction of sp³-hybridized carbons (Fsp3) is 0.400. The van der Waals surface area contributed by atoms with Crippen LogP contribution < -0.4 is 14.8 Å². The summed E-state index contributed by atoms with van der Waals surface area (Å²) >= 11 is 0. The summed E-state index contributed by atoms with van der Waals surface area (Å²) in [6.07, 6.45) is 0. The molecule has 0 saturated carbocycles. The van der Waals surface area contributed by atoms with Gasteiger partial charge in [0.15, 0.2) is 17.3 Å². The predicted octanol–water partition coefficient (Wildman–Crippen LogP) is 2.13. The van der Waals surface area contributed by atoms with Crippen molar-refractivity contribution in [1.29, 1.82) is 0 Å². The lowest BCUT2D eigenvalue weighted by Gasteiger charge is -2.14. The topological polar surface area (TPSA) is 65.8 Å². The minimum atomic E-state index is 0.310. The Bertz CT molecular complexity index is 569. The molecule has 0 aliphatic rings. The molecule has 114 valence electrons. The summed E-state index contributed by atoms with van der Waals surface area (Å²) in [6, 6.07) is 7.61. The Kier molecular flexibility index (Phi) is 5.59. The van der Waals surface area contributed by atoms with E-state index in [1.54, 1.807) is 14.2 Å². The molecule has 0 atom stereocenters. The number of methoxy groups -OCH3 is 2. The van der Waals surface area contributed by atoms with E-state index in [1.165, 1.54) is 0 Å². The van der Waals surface area contributed by atoms with Crippen LogP contribution in [0.15, 0.2) is 28.8 Å². The molecule has 0 spiro atoms. The minimum absolute atomic E-state index is 0.310. The first-order chi connectivity index (χ1) is 10.3. The fourth-order valence-electron chi connectivity index (χ4n) is 2.00. The van der Waals surface area contributed by atoms with Crippen molar-refractivity contribution < 1.29 is 18.7 Å². The van der Waals surface area contributed by atoms with E-state index in [0.717, 1.165) is 5.56 Å². The molecule has 6 nitrogen and oxygen atoms in total. The zero-order valence-corrected chi connectivity index (χ0v) is 12.5. The molecule has 0 fully saturated rings. The Hall–Kier alpha value is -2.05. The van der Waals surface area contributed by atoms with E-state index in [0.29, 0.717) is 42.7 Å². The molecule has 6 heteroatoms. The molecule has 1 aromatic carbocycles. The summed E-state index contributed by atoms with van der Waals surface area (Å²) in [5.74, 6) is 2.08. The van der Waals surface area contributed by atoms with Gasteiger partial charge in [-0.1, -0.05) is 17.3 Å². The van der Waals surface area contributed by atoms with E-state index in [9.17, 15) is 0 Å². The van der Waals surface area contributed by atoms with Gasteiger partial charge in [0.05, 0.1) is 7.11 Å². The summed E-state index contributed by atoms with van der Waals surface area (Å²) in [6.45, 7) is 1.40. The number of nitrogens with one attached hydrogen (secondary N) is 1. The summed E-state index contributed by atoms with van der Waals surface area (Å²) in [5.41, 5.74) is 1.74. The maximum absolute atomic E-state index is 5.86. The normalized spacial score (nSPS) is 10.6. The Balaban J connectivity index is 2.10. The molecular formula is C15H20N2O4. The smallest absolute Gasteiger partial charge is 0.166 e. The lowest BCUT2D eigenvalue weighted by Crippen LogP contribution is -2.08. The van der Waals surface area contributed by atoms with Gasteiger partial charge in [-0.05, 0) is 13.1 Å². The van der Waals surface area contributed by atoms with Crippen LogP contribution in [0.25, 0.3) is 0 Å². The highest BCUT2D eigenvalue weighted by atomic mass is 16.5. The number of hydrogen-bond acceptors (Lipinski definition) is 6. The SMILES string of the molecule is CNCc1cccc(OC)c1OCc1cc(COC)on1. The van der Waals surface area contributed by atoms with Crippen molar-refractivity contribution in [1.82, 2.24) is 10.5 Å². The van der Waals surface area contributed by atoms with Crippen LogP contribution in [0.1, 0.15) is 17.0 Å². The Morgan fingerprint density at radius 1 is 1.24 bits per heavy atom. The van der Waals surface area contributed by atoms with Crippen LogP contribution in [0, 0.1) is 0 Å². The van der Waals surface area contributed by atoms with Crippen molar-refractivity contribution in [3.63, 3.8) is 0 Å². The first-order valence-electron chi connectivity index (χ1n) is 6.65. The van der Waals surface area contributed by atoms with E-state index >= 15 is 0 Å². The van der Waals surface area contributed by atoms with Gasteiger partial charge in [0.1, 0.15) is 18.9 Å². The molecule has 2 aromatic rings.